The third-order valence-corrected chi connectivity index (χ3v) is 2.39. The molecule has 0 bridgehead atoms. The lowest BCUT2D eigenvalue weighted by atomic mass is 10.2. The molecule has 2 aromatic heterocycles. The smallest absolute Gasteiger partial charge is 0.449 e. The van der Waals surface area contributed by atoms with Gasteiger partial charge in [0.2, 0.25) is 0 Å². The van der Waals surface area contributed by atoms with Gasteiger partial charge < -0.3 is 9.84 Å². The molecule has 0 saturated heterocycles. The number of ether oxygens (including phenoxy) is 1. The molecule has 96 valence electrons. The Balaban J connectivity index is 2.55. The van der Waals surface area contributed by atoms with Gasteiger partial charge in [0, 0.05) is 6.20 Å². The summed E-state index contributed by atoms with van der Waals surface area (Å²) in [6.07, 6.45) is -5.15. The number of halogens is 4. The number of pyridine rings is 1. The molecule has 9 heteroatoms. The number of imidazole rings is 1. The summed E-state index contributed by atoms with van der Waals surface area (Å²) < 4.78 is 42.6. The Kier molecular flexibility index (Phi) is 2.81. The summed E-state index contributed by atoms with van der Waals surface area (Å²) in [6.45, 7) is 0. The van der Waals surface area contributed by atoms with Crippen LogP contribution in [0.15, 0.2) is 18.3 Å². The number of alkyl halides is 3. The van der Waals surface area contributed by atoms with E-state index >= 15 is 0 Å². The monoisotopic (exact) mass is 280 g/mol. The van der Waals surface area contributed by atoms with Gasteiger partial charge in [-0.05, 0) is 12.1 Å². The number of fused-ring (bicyclic) bond motifs is 1. The zero-order chi connectivity index (χ0) is 13.5. The summed E-state index contributed by atoms with van der Waals surface area (Å²) in [5.41, 5.74) is -1.08. The first kappa shape index (κ1) is 12.5. The normalized spacial score (nSPS) is 11.8. The summed E-state index contributed by atoms with van der Waals surface area (Å²) in [5.74, 6) is -0.469. The third-order valence-electron chi connectivity index (χ3n) is 2.05. The van der Waals surface area contributed by atoms with Crippen molar-refractivity contribution in [1.29, 1.82) is 0 Å². The van der Waals surface area contributed by atoms with Crippen molar-refractivity contribution in [3.8, 4) is 5.88 Å². The highest BCUT2D eigenvalue weighted by molar-refractivity contribution is 6.31. The molecule has 0 spiro atoms. The van der Waals surface area contributed by atoms with Crippen LogP contribution in [-0.4, -0.2) is 20.6 Å². The topological polar surface area (TPSA) is 63.8 Å². The van der Waals surface area contributed by atoms with E-state index in [1.807, 2.05) is 0 Å². The number of carboxylic acid groups (broad SMARTS) is 1. The van der Waals surface area contributed by atoms with E-state index in [-0.39, 0.29) is 10.8 Å². The molecule has 2 rings (SSSR count). The van der Waals surface area contributed by atoms with Gasteiger partial charge in [-0.1, -0.05) is 11.6 Å². The van der Waals surface area contributed by atoms with Crippen molar-refractivity contribution in [2.24, 2.45) is 0 Å². The van der Waals surface area contributed by atoms with Gasteiger partial charge in [-0.25, -0.2) is 4.79 Å². The average Bonchev–Trinajstić information content (AvgIpc) is 2.53. The van der Waals surface area contributed by atoms with E-state index in [1.165, 1.54) is 0 Å². The van der Waals surface area contributed by atoms with Crippen LogP contribution in [0.5, 0.6) is 5.88 Å². The van der Waals surface area contributed by atoms with Crippen LogP contribution in [-0.2, 0) is 6.18 Å². The van der Waals surface area contributed by atoms with Crippen LogP contribution in [0.1, 0.15) is 5.56 Å². The third kappa shape index (κ3) is 2.19. The van der Waals surface area contributed by atoms with Gasteiger partial charge in [-0.3, -0.25) is 4.40 Å². The maximum atomic E-state index is 12.4. The molecule has 0 atom stereocenters. The second-order valence-electron chi connectivity index (χ2n) is 3.22. The SMILES string of the molecule is O=C(O)Oc1nc2cc(C(F)(F)F)ccn2c1Cl. The van der Waals surface area contributed by atoms with Crippen LogP contribution in [0.25, 0.3) is 5.65 Å². The van der Waals surface area contributed by atoms with Crippen molar-refractivity contribution < 1.29 is 27.8 Å². The van der Waals surface area contributed by atoms with Crippen molar-refractivity contribution in [3.05, 3.63) is 29.0 Å². The minimum Gasteiger partial charge on any atom is -0.449 e. The zero-order valence-corrected chi connectivity index (χ0v) is 9.16. The lowest BCUT2D eigenvalue weighted by Gasteiger charge is -2.05. The molecule has 0 aliphatic carbocycles. The van der Waals surface area contributed by atoms with Crippen molar-refractivity contribution in [1.82, 2.24) is 9.38 Å². The zero-order valence-electron chi connectivity index (χ0n) is 8.40. The molecule has 1 N–H and O–H groups in total. The highest BCUT2D eigenvalue weighted by Gasteiger charge is 2.31. The summed E-state index contributed by atoms with van der Waals surface area (Å²) in [5, 5.41) is 8.17. The molecular formula is C9H4ClF3N2O3. The molecule has 2 heterocycles. The Morgan fingerprint density at radius 3 is 2.72 bits per heavy atom. The summed E-state index contributed by atoms with van der Waals surface area (Å²) in [7, 11) is 0. The molecule has 0 aromatic carbocycles. The van der Waals surface area contributed by atoms with Crippen LogP contribution in [0.2, 0.25) is 5.15 Å². The molecule has 2 aromatic rings. The van der Waals surface area contributed by atoms with E-state index in [9.17, 15) is 18.0 Å². The predicted molar refractivity (Wildman–Crippen MR) is 53.9 cm³/mol. The number of hydrogen-bond acceptors (Lipinski definition) is 3. The van der Waals surface area contributed by atoms with E-state index in [0.29, 0.717) is 0 Å². The molecule has 0 radical (unpaired) electrons. The van der Waals surface area contributed by atoms with Gasteiger partial charge in [0.25, 0.3) is 5.88 Å². The van der Waals surface area contributed by atoms with Crippen molar-refractivity contribution >= 4 is 23.4 Å². The minimum absolute atomic E-state index is 0.161. The van der Waals surface area contributed by atoms with Gasteiger partial charge >= 0.3 is 12.3 Å². The molecule has 0 aliphatic rings. The Hall–Kier alpha value is -1.96. The quantitative estimate of drug-likeness (QED) is 0.815. The first-order valence-corrected chi connectivity index (χ1v) is 4.82. The highest BCUT2D eigenvalue weighted by atomic mass is 35.5. The minimum atomic E-state index is -4.52. The van der Waals surface area contributed by atoms with E-state index in [4.69, 9.17) is 16.7 Å². The molecule has 0 saturated carbocycles. The Bertz CT molecular complexity index is 623. The molecule has 0 unspecified atom stereocenters. The molecule has 5 nitrogen and oxygen atoms in total. The van der Waals surface area contributed by atoms with Crippen LogP contribution < -0.4 is 4.74 Å². The number of aromatic nitrogens is 2. The standard InChI is InChI=1S/C9H4ClF3N2O3/c10-6-7(18-8(16)17)14-5-3-4(9(11,12)13)1-2-15(5)6/h1-3H,(H,16,17). The largest absolute Gasteiger partial charge is 0.512 e. The van der Waals surface area contributed by atoms with Crippen LogP contribution in [0.4, 0.5) is 18.0 Å². The lowest BCUT2D eigenvalue weighted by molar-refractivity contribution is -0.137. The molecule has 0 aliphatic heterocycles. The fourth-order valence-corrected chi connectivity index (χ4v) is 1.54. The number of nitrogens with zero attached hydrogens (tertiary/aromatic N) is 2. The number of hydrogen-bond donors (Lipinski definition) is 1. The van der Waals surface area contributed by atoms with Crippen molar-refractivity contribution in [3.63, 3.8) is 0 Å². The summed E-state index contributed by atoms with van der Waals surface area (Å²) in [6, 6.07) is 1.53. The van der Waals surface area contributed by atoms with Gasteiger partial charge in [-0.15, -0.1) is 0 Å². The van der Waals surface area contributed by atoms with Gasteiger partial charge in [0.05, 0.1) is 5.56 Å². The molecule has 0 amide bonds. The van der Waals surface area contributed by atoms with Crippen LogP contribution in [0, 0.1) is 0 Å². The number of rotatable bonds is 1. The second kappa shape index (κ2) is 4.05. The van der Waals surface area contributed by atoms with Crippen LogP contribution in [0.3, 0.4) is 0 Å². The fraction of sp³-hybridized carbons (Fsp3) is 0.111. The van der Waals surface area contributed by atoms with E-state index < -0.39 is 23.8 Å². The molecule has 0 fully saturated rings. The van der Waals surface area contributed by atoms with E-state index in [1.54, 1.807) is 0 Å². The maximum absolute atomic E-state index is 12.4. The Morgan fingerprint density at radius 1 is 1.50 bits per heavy atom. The van der Waals surface area contributed by atoms with Crippen LogP contribution >= 0.6 is 11.6 Å². The summed E-state index contributed by atoms with van der Waals surface area (Å²) in [4.78, 5) is 13.9. The first-order chi connectivity index (χ1) is 8.29. The van der Waals surface area contributed by atoms with Gasteiger partial charge in [-0.2, -0.15) is 18.2 Å². The van der Waals surface area contributed by atoms with Crippen molar-refractivity contribution in [2.45, 2.75) is 6.18 Å². The fourth-order valence-electron chi connectivity index (χ4n) is 1.32. The van der Waals surface area contributed by atoms with E-state index in [2.05, 4.69) is 9.72 Å². The summed E-state index contributed by atoms with van der Waals surface area (Å²) >= 11 is 5.70. The maximum Gasteiger partial charge on any atom is 0.512 e. The number of carbonyl (C=O) groups is 1. The highest BCUT2D eigenvalue weighted by Crippen LogP contribution is 2.32. The van der Waals surface area contributed by atoms with E-state index in [0.717, 1.165) is 22.7 Å². The van der Waals surface area contributed by atoms with Crippen molar-refractivity contribution in [2.75, 3.05) is 0 Å². The second-order valence-corrected chi connectivity index (χ2v) is 3.58. The predicted octanol–water partition coefficient (Wildman–Crippen LogP) is 3.06. The average molecular weight is 281 g/mol. The lowest BCUT2D eigenvalue weighted by Crippen LogP contribution is -2.05. The van der Waals surface area contributed by atoms with Gasteiger partial charge in [0.1, 0.15) is 5.65 Å². The Labute approximate surface area is 102 Å². The molecule has 18 heavy (non-hydrogen) atoms. The Morgan fingerprint density at radius 2 is 2.17 bits per heavy atom. The van der Waals surface area contributed by atoms with Gasteiger partial charge in [0.15, 0.2) is 5.15 Å². The first-order valence-electron chi connectivity index (χ1n) is 4.44. The molecular weight excluding hydrogens is 277 g/mol.